The van der Waals surface area contributed by atoms with Crippen molar-refractivity contribution in [1.82, 2.24) is 23.8 Å². The van der Waals surface area contributed by atoms with E-state index in [9.17, 15) is 14.7 Å². The Balaban J connectivity index is 1.60. The molecule has 0 spiro atoms. The zero-order valence-electron chi connectivity index (χ0n) is 19.0. The van der Waals surface area contributed by atoms with Gasteiger partial charge in [-0.2, -0.15) is 0 Å². The van der Waals surface area contributed by atoms with E-state index in [4.69, 9.17) is 0 Å². The molecular formula is C26H25N5O3. The SMILES string of the molecule is Cc1ccc(C2C(=C(O)c3c(C)nc4ccccn34)C(=O)C(=O)N2CCCn2ccnc2)cc1. The third-order valence-corrected chi connectivity index (χ3v) is 6.24. The maximum Gasteiger partial charge on any atom is 0.295 e. The van der Waals surface area contributed by atoms with Crippen LogP contribution in [0.1, 0.15) is 35.0 Å². The van der Waals surface area contributed by atoms with Crippen molar-refractivity contribution >= 4 is 23.1 Å². The van der Waals surface area contributed by atoms with Gasteiger partial charge in [0.05, 0.1) is 23.6 Å². The van der Waals surface area contributed by atoms with Gasteiger partial charge in [0.2, 0.25) is 0 Å². The largest absolute Gasteiger partial charge is 0.505 e. The first kappa shape index (κ1) is 21.6. The summed E-state index contributed by atoms with van der Waals surface area (Å²) in [6.07, 6.45) is 7.71. The number of amides is 1. The molecule has 1 amide bonds. The number of aryl methyl sites for hydroxylation is 3. The number of rotatable bonds is 6. The Kier molecular flexibility index (Phi) is 5.49. The fourth-order valence-electron chi connectivity index (χ4n) is 4.57. The molecular weight excluding hydrogens is 430 g/mol. The highest BCUT2D eigenvalue weighted by Gasteiger charge is 2.46. The summed E-state index contributed by atoms with van der Waals surface area (Å²) in [4.78, 5) is 36.6. The number of pyridine rings is 1. The van der Waals surface area contributed by atoms with Crippen LogP contribution in [0.15, 0.2) is 73.0 Å². The van der Waals surface area contributed by atoms with Crippen molar-refractivity contribution in [2.24, 2.45) is 0 Å². The number of carbonyl (C=O) groups is 2. The Morgan fingerprint density at radius 2 is 1.82 bits per heavy atom. The number of likely N-dealkylation sites (tertiary alicyclic amines) is 1. The third kappa shape index (κ3) is 3.67. The number of nitrogens with zero attached hydrogens (tertiary/aromatic N) is 5. The lowest BCUT2D eigenvalue weighted by molar-refractivity contribution is -0.139. The predicted octanol–water partition coefficient (Wildman–Crippen LogP) is 3.66. The molecule has 34 heavy (non-hydrogen) atoms. The Labute approximate surface area is 196 Å². The quantitative estimate of drug-likeness (QED) is 0.272. The van der Waals surface area contributed by atoms with Gasteiger partial charge in [-0.3, -0.25) is 14.0 Å². The van der Waals surface area contributed by atoms with Gasteiger partial charge in [0.25, 0.3) is 11.7 Å². The van der Waals surface area contributed by atoms with Gasteiger partial charge >= 0.3 is 0 Å². The molecule has 4 aromatic rings. The van der Waals surface area contributed by atoms with Gasteiger partial charge in [-0.1, -0.05) is 35.9 Å². The van der Waals surface area contributed by atoms with E-state index in [0.717, 1.165) is 11.1 Å². The molecule has 1 aliphatic rings. The highest BCUT2D eigenvalue weighted by atomic mass is 16.3. The smallest absolute Gasteiger partial charge is 0.295 e. The number of ketones is 1. The van der Waals surface area contributed by atoms with E-state index in [2.05, 4.69) is 9.97 Å². The third-order valence-electron chi connectivity index (χ3n) is 6.24. The van der Waals surface area contributed by atoms with Gasteiger partial charge in [0.1, 0.15) is 11.3 Å². The number of benzene rings is 1. The summed E-state index contributed by atoms with van der Waals surface area (Å²) in [7, 11) is 0. The zero-order chi connectivity index (χ0) is 23.8. The summed E-state index contributed by atoms with van der Waals surface area (Å²) in [6.45, 7) is 4.79. The molecule has 1 aliphatic heterocycles. The van der Waals surface area contributed by atoms with Crippen molar-refractivity contribution in [3.05, 3.63) is 95.5 Å². The summed E-state index contributed by atoms with van der Waals surface area (Å²) < 4.78 is 3.67. The van der Waals surface area contributed by atoms with Crippen molar-refractivity contribution in [3.63, 3.8) is 0 Å². The minimum absolute atomic E-state index is 0.0882. The van der Waals surface area contributed by atoms with Crippen LogP contribution in [-0.2, 0) is 16.1 Å². The van der Waals surface area contributed by atoms with Crippen LogP contribution in [0.4, 0.5) is 0 Å². The number of imidazole rings is 2. The standard InChI is InChI=1S/C26H25N5O3/c1-17-7-9-19(10-8-17)23-21(24(32)22-18(2)28-20-6-3-4-13-30(20)22)25(33)26(34)31(23)14-5-12-29-15-11-27-16-29/h3-4,6-11,13,15-16,23,32H,5,12,14H2,1-2H3. The molecule has 1 saturated heterocycles. The van der Waals surface area contributed by atoms with Crippen molar-refractivity contribution < 1.29 is 14.7 Å². The van der Waals surface area contributed by atoms with Crippen molar-refractivity contribution in [3.8, 4) is 0 Å². The first-order valence-electron chi connectivity index (χ1n) is 11.2. The highest BCUT2D eigenvalue weighted by Crippen LogP contribution is 2.40. The van der Waals surface area contributed by atoms with Crippen LogP contribution in [0.2, 0.25) is 0 Å². The van der Waals surface area contributed by atoms with Crippen LogP contribution < -0.4 is 0 Å². The topological polar surface area (TPSA) is 92.7 Å². The van der Waals surface area contributed by atoms with Crippen LogP contribution in [0.25, 0.3) is 11.4 Å². The maximum absolute atomic E-state index is 13.3. The minimum atomic E-state index is -0.684. The molecule has 8 nitrogen and oxygen atoms in total. The van der Waals surface area contributed by atoms with E-state index in [1.165, 1.54) is 0 Å². The lowest BCUT2D eigenvalue weighted by Gasteiger charge is -2.25. The van der Waals surface area contributed by atoms with Crippen molar-refractivity contribution in [2.75, 3.05) is 6.54 Å². The number of fused-ring (bicyclic) bond motifs is 1. The van der Waals surface area contributed by atoms with E-state index in [-0.39, 0.29) is 11.3 Å². The molecule has 5 rings (SSSR count). The average molecular weight is 456 g/mol. The summed E-state index contributed by atoms with van der Waals surface area (Å²) in [6, 6.07) is 12.5. The first-order valence-corrected chi connectivity index (χ1v) is 11.2. The fourth-order valence-corrected chi connectivity index (χ4v) is 4.57. The highest BCUT2D eigenvalue weighted by molar-refractivity contribution is 6.46. The van der Waals surface area contributed by atoms with Gasteiger partial charge in [-0.25, -0.2) is 9.97 Å². The molecule has 1 atom stereocenters. The van der Waals surface area contributed by atoms with Crippen LogP contribution in [0.5, 0.6) is 0 Å². The zero-order valence-corrected chi connectivity index (χ0v) is 19.0. The summed E-state index contributed by atoms with van der Waals surface area (Å²) >= 11 is 0. The van der Waals surface area contributed by atoms with Crippen LogP contribution in [0.3, 0.4) is 0 Å². The number of aliphatic hydroxyl groups is 1. The molecule has 1 fully saturated rings. The van der Waals surface area contributed by atoms with Gasteiger partial charge in [-0.15, -0.1) is 0 Å². The lowest BCUT2D eigenvalue weighted by atomic mass is 9.95. The van der Waals surface area contributed by atoms with E-state index in [0.29, 0.717) is 36.5 Å². The van der Waals surface area contributed by atoms with Crippen molar-refractivity contribution in [2.45, 2.75) is 32.9 Å². The molecule has 0 bridgehead atoms. The molecule has 172 valence electrons. The van der Waals surface area contributed by atoms with E-state index in [1.807, 2.05) is 60.2 Å². The van der Waals surface area contributed by atoms with Gasteiger partial charge < -0.3 is 14.6 Å². The second-order valence-electron chi connectivity index (χ2n) is 8.53. The predicted molar refractivity (Wildman–Crippen MR) is 127 cm³/mol. The van der Waals surface area contributed by atoms with Gasteiger partial charge in [-0.05, 0) is 38.0 Å². The second-order valence-corrected chi connectivity index (χ2v) is 8.53. The van der Waals surface area contributed by atoms with Crippen LogP contribution in [-0.4, -0.2) is 47.2 Å². The Hall–Kier alpha value is -4.20. The molecule has 0 saturated carbocycles. The molecule has 4 heterocycles. The van der Waals surface area contributed by atoms with E-state index >= 15 is 0 Å². The normalized spacial score (nSPS) is 17.7. The Morgan fingerprint density at radius 1 is 1.03 bits per heavy atom. The number of Topliss-reactive ketones (excluding diaryl/α,β-unsaturated/α-hetero) is 1. The van der Waals surface area contributed by atoms with E-state index < -0.39 is 17.7 Å². The van der Waals surface area contributed by atoms with Crippen LogP contribution in [0, 0.1) is 13.8 Å². The van der Waals surface area contributed by atoms with Gasteiger partial charge in [0, 0.05) is 31.7 Å². The first-order chi connectivity index (χ1) is 16.5. The molecule has 1 unspecified atom stereocenters. The number of hydrogen-bond donors (Lipinski definition) is 1. The number of aliphatic hydroxyl groups excluding tert-OH is 1. The lowest BCUT2D eigenvalue weighted by Crippen LogP contribution is -2.31. The summed E-state index contributed by atoms with van der Waals surface area (Å²) in [5, 5.41) is 11.5. The molecule has 1 N–H and O–H groups in total. The van der Waals surface area contributed by atoms with Crippen molar-refractivity contribution in [1.29, 1.82) is 0 Å². The Bertz CT molecular complexity index is 1400. The molecule has 0 aliphatic carbocycles. The Morgan fingerprint density at radius 3 is 2.56 bits per heavy atom. The molecule has 1 aromatic carbocycles. The summed E-state index contributed by atoms with van der Waals surface area (Å²) in [5.74, 6) is -1.50. The number of aromatic nitrogens is 4. The second kappa shape index (κ2) is 8.62. The molecule has 8 heteroatoms. The monoisotopic (exact) mass is 455 g/mol. The number of hydrogen-bond acceptors (Lipinski definition) is 5. The van der Waals surface area contributed by atoms with Gasteiger partial charge in [0.15, 0.2) is 5.76 Å². The summed E-state index contributed by atoms with van der Waals surface area (Å²) in [5.41, 5.74) is 3.59. The van der Waals surface area contributed by atoms with Crippen LogP contribution >= 0.6 is 0 Å². The minimum Gasteiger partial charge on any atom is -0.505 e. The maximum atomic E-state index is 13.3. The fraction of sp³-hybridized carbons (Fsp3) is 0.231. The molecule has 0 radical (unpaired) electrons. The average Bonchev–Trinajstić information content (AvgIpc) is 3.52. The molecule has 3 aromatic heterocycles. The number of carbonyl (C=O) groups excluding carboxylic acids is 2. The van der Waals surface area contributed by atoms with E-state index in [1.54, 1.807) is 34.9 Å².